The fraction of sp³-hybridized carbons (Fsp3) is 0.333. The van der Waals surface area contributed by atoms with Crippen molar-refractivity contribution in [1.29, 1.82) is 0 Å². The lowest BCUT2D eigenvalue weighted by Crippen LogP contribution is -2.31. The maximum atomic E-state index is 13.6. The van der Waals surface area contributed by atoms with Crippen LogP contribution in [0.5, 0.6) is 5.75 Å². The summed E-state index contributed by atoms with van der Waals surface area (Å²) in [5.41, 5.74) is -1.30. The molecule has 0 saturated heterocycles. The zero-order valence-corrected chi connectivity index (χ0v) is 20.2. The average Bonchev–Trinajstić information content (AvgIpc) is 2.83. The third-order valence-electron chi connectivity index (χ3n) is 6.29. The van der Waals surface area contributed by atoms with Crippen molar-refractivity contribution in [1.82, 2.24) is 4.98 Å². The summed E-state index contributed by atoms with van der Waals surface area (Å²) in [4.78, 5) is 15.8. The Morgan fingerprint density at radius 3 is 2.13 bits per heavy atom. The van der Waals surface area contributed by atoms with E-state index >= 15 is 0 Å². The summed E-state index contributed by atoms with van der Waals surface area (Å²) in [7, 11) is 0. The highest BCUT2D eigenvalue weighted by molar-refractivity contribution is 5.69. The highest BCUT2D eigenvalue weighted by Crippen LogP contribution is 2.42. The van der Waals surface area contributed by atoms with Crippen molar-refractivity contribution < 1.29 is 45.0 Å². The number of nitrogens with zero attached hydrogens (tertiary/aromatic N) is 1. The first-order valence-corrected chi connectivity index (χ1v) is 11.6. The van der Waals surface area contributed by atoms with E-state index in [1.807, 2.05) is 0 Å². The van der Waals surface area contributed by atoms with Crippen LogP contribution >= 0.6 is 0 Å². The van der Waals surface area contributed by atoms with E-state index in [0.717, 1.165) is 5.56 Å². The zero-order valence-electron chi connectivity index (χ0n) is 20.2. The number of pyridine rings is 1. The Morgan fingerprint density at radius 2 is 1.58 bits per heavy atom. The molecule has 0 N–H and O–H groups in total. The molecule has 1 aromatic heterocycles. The van der Waals surface area contributed by atoms with Gasteiger partial charge < -0.3 is 9.47 Å². The Kier molecular flexibility index (Phi) is 7.51. The molecule has 0 amide bonds. The fourth-order valence-corrected chi connectivity index (χ4v) is 4.59. The predicted molar refractivity (Wildman–Crippen MR) is 122 cm³/mol. The SMILES string of the molecule is CC(=O)Oc1cnc2c(c1)CCC(O[C@H](C)c1cc(C(F)(F)F)cc(C(F)(F)F)c1)C2c1ccc(F)cc1. The quantitative estimate of drug-likeness (QED) is 0.249. The molecule has 3 aromatic rings. The van der Waals surface area contributed by atoms with E-state index in [2.05, 4.69) is 4.98 Å². The number of carbonyl (C=O) groups excluding carboxylic acids is 1. The molecule has 3 atom stereocenters. The van der Waals surface area contributed by atoms with Crippen molar-refractivity contribution in [2.24, 2.45) is 0 Å². The van der Waals surface area contributed by atoms with E-state index in [-0.39, 0.29) is 17.4 Å². The van der Waals surface area contributed by atoms with E-state index in [0.29, 0.717) is 36.2 Å². The van der Waals surface area contributed by atoms with Crippen LogP contribution in [0.15, 0.2) is 54.7 Å². The maximum absolute atomic E-state index is 13.6. The largest absolute Gasteiger partial charge is 0.425 e. The number of fused-ring (bicyclic) bond motifs is 1. The minimum Gasteiger partial charge on any atom is -0.425 e. The number of esters is 1. The smallest absolute Gasteiger partial charge is 0.416 e. The first-order valence-electron chi connectivity index (χ1n) is 11.6. The number of aryl methyl sites for hydroxylation is 1. The summed E-state index contributed by atoms with van der Waals surface area (Å²) >= 11 is 0. The monoisotopic (exact) mass is 541 g/mol. The molecule has 4 rings (SSSR count). The molecule has 1 aliphatic carbocycles. The van der Waals surface area contributed by atoms with Crippen LogP contribution in [0.1, 0.15) is 65.8 Å². The highest BCUT2D eigenvalue weighted by atomic mass is 19.4. The summed E-state index contributed by atoms with van der Waals surface area (Å²) in [6, 6.07) is 8.51. The van der Waals surface area contributed by atoms with Gasteiger partial charge in [-0.3, -0.25) is 9.78 Å². The van der Waals surface area contributed by atoms with Crippen molar-refractivity contribution in [3.63, 3.8) is 0 Å². The second kappa shape index (κ2) is 10.4. The molecule has 0 radical (unpaired) electrons. The summed E-state index contributed by atoms with van der Waals surface area (Å²) in [6.07, 6.45) is -9.77. The number of alkyl halides is 6. The minimum atomic E-state index is -4.99. The Morgan fingerprint density at radius 1 is 0.974 bits per heavy atom. The van der Waals surface area contributed by atoms with Crippen molar-refractivity contribution in [3.05, 3.63) is 94.1 Å². The molecular weight excluding hydrogens is 519 g/mol. The van der Waals surface area contributed by atoms with Gasteiger partial charge >= 0.3 is 18.3 Å². The van der Waals surface area contributed by atoms with E-state index in [9.17, 15) is 35.5 Å². The molecule has 0 aliphatic heterocycles. The number of ether oxygens (including phenoxy) is 2. The lowest BCUT2D eigenvalue weighted by molar-refractivity contribution is -0.143. The van der Waals surface area contributed by atoms with Gasteiger partial charge in [-0.25, -0.2) is 4.39 Å². The first kappa shape index (κ1) is 27.6. The third kappa shape index (κ3) is 6.15. The van der Waals surface area contributed by atoms with Gasteiger partial charge in [-0.1, -0.05) is 12.1 Å². The van der Waals surface area contributed by atoms with E-state index < -0.39 is 53.4 Å². The van der Waals surface area contributed by atoms with Gasteiger partial charge in [0, 0.05) is 6.92 Å². The van der Waals surface area contributed by atoms with Crippen LogP contribution in [0.25, 0.3) is 0 Å². The fourth-order valence-electron chi connectivity index (χ4n) is 4.59. The van der Waals surface area contributed by atoms with Crippen LogP contribution in [-0.4, -0.2) is 17.1 Å². The maximum Gasteiger partial charge on any atom is 0.416 e. The van der Waals surface area contributed by atoms with Gasteiger partial charge in [0.25, 0.3) is 0 Å². The number of hydrogen-bond donors (Lipinski definition) is 0. The molecule has 0 saturated carbocycles. The van der Waals surface area contributed by atoms with Crippen LogP contribution < -0.4 is 4.74 Å². The second-order valence-electron chi connectivity index (χ2n) is 9.03. The van der Waals surface area contributed by atoms with Gasteiger partial charge in [-0.05, 0) is 72.9 Å². The molecule has 1 heterocycles. The van der Waals surface area contributed by atoms with Crippen LogP contribution in [0, 0.1) is 5.82 Å². The van der Waals surface area contributed by atoms with Gasteiger partial charge in [0.05, 0.1) is 41.1 Å². The Hall–Kier alpha value is -3.47. The van der Waals surface area contributed by atoms with Crippen LogP contribution in [0.4, 0.5) is 30.7 Å². The Bertz CT molecular complexity index is 1290. The Balaban J connectivity index is 1.71. The summed E-state index contributed by atoms with van der Waals surface area (Å²) in [5, 5.41) is 0. The van der Waals surface area contributed by atoms with E-state index in [1.165, 1.54) is 44.3 Å². The molecule has 0 bridgehead atoms. The number of aromatic nitrogens is 1. The van der Waals surface area contributed by atoms with Gasteiger partial charge in [0.2, 0.25) is 0 Å². The molecule has 0 fully saturated rings. The lowest BCUT2D eigenvalue weighted by atomic mass is 9.79. The zero-order chi connectivity index (χ0) is 27.8. The van der Waals surface area contributed by atoms with Crippen molar-refractivity contribution in [3.8, 4) is 5.75 Å². The standard InChI is InChI=1S/C27H22F7NO3/c1-14(18-9-19(26(29,30)31)12-20(10-18)27(32,33)34)37-23-8-5-17-11-22(38-15(2)36)13-35-25(17)24(23)16-3-6-21(28)7-4-16/h3-4,6-7,9-14,23-24H,5,8H2,1-2H3/t14-,23?,24?/m1/s1. The van der Waals surface area contributed by atoms with E-state index in [1.54, 1.807) is 6.07 Å². The number of carbonyl (C=O) groups is 1. The van der Waals surface area contributed by atoms with Crippen molar-refractivity contribution >= 4 is 5.97 Å². The topological polar surface area (TPSA) is 48.4 Å². The normalized spacial score (nSPS) is 18.6. The van der Waals surface area contributed by atoms with E-state index in [4.69, 9.17) is 9.47 Å². The first-order chi connectivity index (χ1) is 17.7. The number of rotatable bonds is 5. The minimum absolute atomic E-state index is 0.0685. The van der Waals surface area contributed by atoms with Gasteiger partial charge in [0.1, 0.15) is 11.6 Å². The number of benzene rings is 2. The Labute approximate surface area is 213 Å². The van der Waals surface area contributed by atoms with Crippen LogP contribution in [0.3, 0.4) is 0 Å². The molecule has 11 heteroatoms. The van der Waals surface area contributed by atoms with Gasteiger partial charge in [-0.2, -0.15) is 26.3 Å². The van der Waals surface area contributed by atoms with Crippen molar-refractivity contribution in [2.75, 3.05) is 0 Å². The van der Waals surface area contributed by atoms with Crippen LogP contribution in [-0.2, 0) is 28.3 Å². The molecule has 2 aromatic carbocycles. The summed E-state index contributed by atoms with van der Waals surface area (Å²) < 4.78 is 105. The average molecular weight is 541 g/mol. The molecule has 0 spiro atoms. The molecule has 2 unspecified atom stereocenters. The molecule has 4 nitrogen and oxygen atoms in total. The molecule has 38 heavy (non-hydrogen) atoms. The van der Waals surface area contributed by atoms with Crippen LogP contribution in [0.2, 0.25) is 0 Å². The van der Waals surface area contributed by atoms with Gasteiger partial charge in [-0.15, -0.1) is 0 Å². The third-order valence-corrected chi connectivity index (χ3v) is 6.29. The summed E-state index contributed by atoms with van der Waals surface area (Å²) in [5.74, 6) is -1.41. The number of halogens is 7. The number of hydrogen-bond acceptors (Lipinski definition) is 4. The van der Waals surface area contributed by atoms with Crippen molar-refractivity contribution in [2.45, 2.75) is 57.2 Å². The predicted octanol–water partition coefficient (Wildman–Crippen LogP) is 7.41. The molecule has 202 valence electrons. The van der Waals surface area contributed by atoms with Gasteiger partial charge in [0.15, 0.2) is 0 Å². The molecular formula is C27H22F7NO3. The summed E-state index contributed by atoms with van der Waals surface area (Å²) in [6.45, 7) is 2.62. The second-order valence-corrected chi connectivity index (χ2v) is 9.03. The molecule has 1 aliphatic rings. The lowest BCUT2D eigenvalue weighted by Gasteiger charge is -2.35. The highest BCUT2D eigenvalue weighted by Gasteiger charge is 2.39.